The second kappa shape index (κ2) is 2.94. The predicted molar refractivity (Wildman–Crippen MR) is 71.7 cm³/mol. The first-order chi connectivity index (χ1) is 8.00. The van der Waals surface area contributed by atoms with Crippen molar-refractivity contribution in [3.63, 3.8) is 0 Å². The van der Waals surface area contributed by atoms with E-state index in [2.05, 4.69) is 20.8 Å². The van der Waals surface area contributed by atoms with E-state index in [1.165, 1.54) is 19.3 Å². The summed E-state index contributed by atoms with van der Waals surface area (Å²) < 4.78 is 0. The summed E-state index contributed by atoms with van der Waals surface area (Å²) in [4.78, 5) is 0. The van der Waals surface area contributed by atoms with E-state index in [9.17, 15) is 0 Å². The largest absolute Gasteiger partial charge is 0.0620 e. The van der Waals surface area contributed by atoms with Crippen LogP contribution in [0.2, 0.25) is 0 Å². The molecule has 1 spiro atoms. The van der Waals surface area contributed by atoms with Gasteiger partial charge in [0, 0.05) is 0 Å². The van der Waals surface area contributed by atoms with Gasteiger partial charge in [-0.3, -0.25) is 0 Å². The summed E-state index contributed by atoms with van der Waals surface area (Å²) in [6, 6.07) is 0. The highest BCUT2D eigenvalue weighted by atomic mass is 14.7. The molecule has 3 unspecified atom stereocenters. The van der Waals surface area contributed by atoms with Crippen LogP contribution >= 0.6 is 0 Å². The molecule has 4 fully saturated rings. The molecule has 0 aromatic carbocycles. The van der Waals surface area contributed by atoms with Gasteiger partial charge >= 0.3 is 0 Å². The Hall–Kier alpha value is 0. The van der Waals surface area contributed by atoms with Crippen molar-refractivity contribution in [3.05, 3.63) is 0 Å². The molecule has 4 rings (SSSR count). The van der Waals surface area contributed by atoms with Crippen LogP contribution in [0.4, 0.5) is 0 Å². The van der Waals surface area contributed by atoms with Crippen LogP contribution in [0.5, 0.6) is 0 Å². The maximum absolute atomic E-state index is 2.68. The van der Waals surface area contributed by atoms with E-state index in [-0.39, 0.29) is 0 Å². The zero-order valence-electron chi connectivity index (χ0n) is 11.9. The molecule has 0 saturated heterocycles. The first-order valence-corrected chi connectivity index (χ1v) is 8.00. The number of hydrogen-bond acceptors (Lipinski definition) is 0. The van der Waals surface area contributed by atoms with Gasteiger partial charge in [-0.05, 0) is 85.4 Å². The van der Waals surface area contributed by atoms with Crippen LogP contribution < -0.4 is 0 Å². The molecule has 4 aliphatic rings. The monoisotopic (exact) mass is 232 g/mol. The van der Waals surface area contributed by atoms with Gasteiger partial charge in [-0.15, -0.1) is 0 Å². The molecular formula is C17H28. The van der Waals surface area contributed by atoms with Crippen LogP contribution in [-0.4, -0.2) is 0 Å². The van der Waals surface area contributed by atoms with Crippen LogP contribution in [0.1, 0.15) is 72.1 Å². The third kappa shape index (κ3) is 1.21. The molecule has 4 saturated carbocycles. The quantitative estimate of drug-likeness (QED) is 0.595. The summed E-state index contributed by atoms with van der Waals surface area (Å²) in [5, 5.41) is 0. The summed E-state index contributed by atoms with van der Waals surface area (Å²) >= 11 is 0. The summed E-state index contributed by atoms with van der Waals surface area (Å²) in [5.41, 5.74) is 2.31. The first kappa shape index (κ1) is 10.9. The molecule has 0 N–H and O–H groups in total. The summed E-state index contributed by atoms with van der Waals surface area (Å²) in [5.74, 6) is 3.20. The van der Waals surface area contributed by atoms with Crippen LogP contribution in [0, 0.1) is 34.0 Å². The molecule has 0 nitrogen and oxygen atoms in total. The Morgan fingerprint density at radius 1 is 0.824 bits per heavy atom. The summed E-state index contributed by atoms with van der Waals surface area (Å²) in [7, 11) is 0. The van der Waals surface area contributed by atoms with E-state index in [1.54, 1.807) is 32.1 Å². The van der Waals surface area contributed by atoms with E-state index >= 15 is 0 Å². The van der Waals surface area contributed by atoms with Crippen molar-refractivity contribution in [2.45, 2.75) is 72.1 Å². The molecule has 0 aliphatic heterocycles. The standard InChI is InChI=1S/C17H28/c1-12-4-5-14-11-17(14)7-6-13(10-16(12,17)3)15(2)8-9-15/h12-14H,4-11H2,1-3H3/t12-,13?,14?,16+,17?/m0/s1. The third-order valence-corrected chi connectivity index (χ3v) is 8.04. The average molecular weight is 232 g/mol. The zero-order valence-corrected chi connectivity index (χ0v) is 11.9. The maximum Gasteiger partial charge on any atom is -0.0209 e. The highest BCUT2D eigenvalue weighted by Gasteiger charge is 2.69. The summed E-state index contributed by atoms with van der Waals surface area (Å²) in [6.07, 6.45) is 12.4. The average Bonchev–Trinajstić information content (AvgIpc) is 3.18. The second-order valence-electron chi connectivity index (χ2n) is 8.55. The highest BCUT2D eigenvalue weighted by molar-refractivity contribution is 5.19. The molecule has 4 aliphatic carbocycles. The number of hydrogen-bond donors (Lipinski definition) is 0. The minimum absolute atomic E-state index is 0.713. The van der Waals surface area contributed by atoms with Crippen LogP contribution in [0.15, 0.2) is 0 Å². The molecule has 0 amide bonds. The van der Waals surface area contributed by atoms with Gasteiger partial charge in [0.25, 0.3) is 0 Å². The molecule has 0 radical (unpaired) electrons. The highest BCUT2D eigenvalue weighted by Crippen LogP contribution is 2.78. The van der Waals surface area contributed by atoms with Crippen LogP contribution in [-0.2, 0) is 0 Å². The Morgan fingerprint density at radius 3 is 2.29 bits per heavy atom. The van der Waals surface area contributed by atoms with E-state index in [0.29, 0.717) is 5.41 Å². The van der Waals surface area contributed by atoms with Gasteiger partial charge in [-0.25, -0.2) is 0 Å². The Labute approximate surface area is 107 Å². The molecule has 17 heavy (non-hydrogen) atoms. The Morgan fingerprint density at radius 2 is 1.59 bits per heavy atom. The molecule has 96 valence electrons. The van der Waals surface area contributed by atoms with Crippen molar-refractivity contribution in [3.8, 4) is 0 Å². The van der Waals surface area contributed by atoms with Gasteiger partial charge in [0.2, 0.25) is 0 Å². The van der Waals surface area contributed by atoms with Crippen molar-refractivity contribution < 1.29 is 0 Å². The third-order valence-electron chi connectivity index (χ3n) is 8.04. The minimum Gasteiger partial charge on any atom is -0.0620 e. The lowest BCUT2D eigenvalue weighted by atomic mass is 9.51. The molecule has 0 aromatic heterocycles. The molecule has 0 bridgehead atoms. The van der Waals surface area contributed by atoms with Crippen LogP contribution in [0.3, 0.4) is 0 Å². The van der Waals surface area contributed by atoms with E-state index < -0.39 is 0 Å². The van der Waals surface area contributed by atoms with Gasteiger partial charge in [0.15, 0.2) is 0 Å². The lowest BCUT2D eigenvalue weighted by Crippen LogP contribution is -2.46. The van der Waals surface area contributed by atoms with Gasteiger partial charge < -0.3 is 0 Å². The van der Waals surface area contributed by atoms with Gasteiger partial charge in [-0.2, -0.15) is 0 Å². The smallest absolute Gasteiger partial charge is 0.0209 e. The zero-order chi connectivity index (χ0) is 11.9. The second-order valence-corrected chi connectivity index (χ2v) is 8.55. The molecule has 0 heteroatoms. The lowest BCUT2D eigenvalue weighted by Gasteiger charge is -2.54. The molecule has 0 heterocycles. The fourth-order valence-electron chi connectivity index (χ4n) is 5.96. The van der Waals surface area contributed by atoms with Crippen molar-refractivity contribution in [1.82, 2.24) is 0 Å². The fraction of sp³-hybridized carbons (Fsp3) is 1.00. The number of rotatable bonds is 1. The molecule has 5 atom stereocenters. The Balaban J connectivity index is 1.64. The van der Waals surface area contributed by atoms with Crippen molar-refractivity contribution in [2.24, 2.45) is 34.0 Å². The predicted octanol–water partition coefficient (Wildman–Crippen LogP) is 5.03. The normalized spacial score (nSPS) is 59.1. The summed E-state index contributed by atoms with van der Waals surface area (Å²) in [6.45, 7) is 7.81. The maximum atomic E-state index is 2.68. The van der Waals surface area contributed by atoms with Gasteiger partial charge in [-0.1, -0.05) is 20.8 Å². The Bertz CT molecular complexity index is 353. The van der Waals surface area contributed by atoms with Gasteiger partial charge in [0.1, 0.15) is 0 Å². The topological polar surface area (TPSA) is 0 Å². The van der Waals surface area contributed by atoms with Crippen molar-refractivity contribution >= 4 is 0 Å². The Kier molecular flexibility index (Phi) is 1.88. The van der Waals surface area contributed by atoms with E-state index in [1.807, 2.05) is 0 Å². The first-order valence-electron chi connectivity index (χ1n) is 8.00. The van der Waals surface area contributed by atoms with E-state index in [0.717, 1.165) is 28.6 Å². The van der Waals surface area contributed by atoms with Gasteiger partial charge in [0.05, 0.1) is 0 Å². The molecule has 0 aromatic rings. The molecular weight excluding hydrogens is 204 g/mol. The van der Waals surface area contributed by atoms with Crippen LogP contribution in [0.25, 0.3) is 0 Å². The SMILES string of the molecule is C[C@H]1CCC2CC23CCC(C2(C)CC2)C[C@]13C. The lowest BCUT2D eigenvalue weighted by molar-refractivity contribution is -0.0461. The fourth-order valence-corrected chi connectivity index (χ4v) is 5.96. The van der Waals surface area contributed by atoms with Crippen molar-refractivity contribution in [1.29, 1.82) is 0 Å². The minimum atomic E-state index is 0.713. The van der Waals surface area contributed by atoms with E-state index in [4.69, 9.17) is 0 Å². The van der Waals surface area contributed by atoms with Crippen molar-refractivity contribution in [2.75, 3.05) is 0 Å².